The highest BCUT2D eigenvalue weighted by Crippen LogP contribution is 2.34. The van der Waals surface area contributed by atoms with Gasteiger partial charge in [-0.05, 0) is 55.3 Å². The van der Waals surface area contributed by atoms with E-state index in [0.717, 1.165) is 23.3 Å². The zero-order valence-corrected chi connectivity index (χ0v) is 18.7. The van der Waals surface area contributed by atoms with E-state index in [1.165, 1.54) is 36.6 Å². The molecule has 0 atom stereocenters. The van der Waals surface area contributed by atoms with Crippen molar-refractivity contribution in [1.29, 1.82) is 0 Å². The van der Waals surface area contributed by atoms with Crippen LogP contribution < -0.4 is 20.2 Å². The fraction of sp³-hybridized carbons (Fsp3) is 0.154. The molecule has 0 unspecified atom stereocenters. The van der Waals surface area contributed by atoms with Gasteiger partial charge in [0.15, 0.2) is 6.61 Å². The summed E-state index contributed by atoms with van der Waals surface area (Å²) in [5.74, 6) is -0.0269. The second-order valence-corrected chi connectivity index (χ2v) is 7.84. The van der Waals surface area contributed by atoms with Crippen LogP contribution in [0, 0.1) is 13.8 Å². The Morgan fingerprint density at radius 2 is 1.77 bits per heavy atom. The molecule has 9 heteroatoms. The van der Waals surface area contributed by atoms with E-state index in [1.54, 1.807) is 0 Å². The summed E-state index contributed by atoms with van der Waals surface area (Å²) in [6.45, 7) is 3.22. The number of carbonyl (C=O) groups is 1. The Balaban J connectivity index is 1.47. The molecule has 0 aliphatic heterocycles. The first-order chi connectivity index (χ1) is 16.6. The summed E-state index contributed by atoms with van der Waals surface area (Å²) in [5, 5.41) is 2.44. The molecule has 3 aromatic carbocycles. The van der Waals surface area contributed by atoms with Crippen molar-refractivity contribution in [2.24, 2.45) is 0 Å². The molecule has 0 radical (unpaired) electrons. The smallest absolute Gasteiger partial charge is 0.418 e. The minimum atomic E-state index is -4.61. The number of benzene rings is 3. The van der Waals surface area contributed by atoms with Gasteiger partial charge in [0.05, 0.1) is 16.6 Å². The van der Waals surface area contributed by atoms with Crippen molar-refractivity contribution >= 4 is 22.6 Å². The molecule has 4 aromatic rings. The minimum Gasteiger partial charge on any atom is -0.484 e. The van der Waals surface area contributed by atoms with Crippen LogP contribution >= 0.6 is 0 Å². The monoisotopic (exact) mass is 483 g/mol. The molecule has 1 N–H and O–H groups in total. The van der Waals surface area contributed by atoms with Crippen LogP contribution in [0.1, 0.15) is 16.7 Å². The SMILES string of the molecule is Cc1ccc(C)c(Oc2coc3cc(OCC(=O)Nc4ccccc4C(F)(F)F)ccc3c2=O)c1. The van der Waals surface area contributed by atoms with Crippen molar-refractivity contribution in [3.05, 3.63) is 93.8 Å². The number of hydrogen-bond donors (Lipinski definition) is 1. The maximum absolute atomic E-state index is 13.1. The number of nitrogens with one attached hydrogen (secondary N) is 1. The Kier molecular flexibility index (Phi) is 6.50. The molecule has 1 aromatic heterocycles. The Labute approximate surface area is 197 Å². The summed E-state index contributed by atoms with van der Waals surface area (Å²) < 4.78 is 55.9. The molecule has 1 heterocycles. The summed E-state index contributed by atoms with van der Waals surface area (Å²) in [7, 11) is 0. The van der Waals surface area contributed by atoms with Crippen molar-refractivity contribution in [3.63, 3.8) is 0 Å². The van der Waals surface area contributed by atoms with Crippen molar-refractivity contribution in [3.8, 4) is 17.2 Å². The molecular weight excluding hydrogens is 463 g/mol. The number of aryl methyl sites for hydroxylation is 2. The maximum atomic E-state index is 13.1. The fourth-order valence-electron chi connectivity index (χ4n) is 3.36. The molecule has 0 aliphatic rings. The number of anilines is 1. The first kappa shape index (κ1) is 23.9. The third-order valence-electron chi connectivity index (χ3n) is 5.15. The van der Waals surface area contributed by atoms with Crippen molar-refractivity contribution in [2.75, 3.05) is 11.9 Å². The zero-order valence-electron chi connectivity index (χ0n) is 18.7. The van der Waals surface area contributed by atoms with E-state index in [-0.39, 0.29) is 33.6 Å². The lowest BCUT2D eigenvalue weighted by molar-refractivity contribution is -0.137. The number of halogens is 3. The highest BCUT2D eigenvalue weighted by Gasteiger charge is 2.33. The minimum absolute atomic E-state index is 0.0163. The molecule has 0 spiro atoms. The number of rotatable bonds is 6. The zero-order chi connectivity index (χ0) is 25.2. The lowest BCUT2D eigenvalue weighted by Crippen LogP contribution is -2.22. The van der Waals surface area contributed by atoms with Gasteiger partial charge in [-0.2, -0.15) is 13.2 Å². The summed E-state index contributed by atoms with van der Waals surface area (Å²) in [5.41, 5.74) is 0.316. The largest absolute Gasteiger partial charge is 0.484 e. The Morgan fingerprint density at radius 3 is 2.54 bits per heavy atom. The van der Waals surface area contributed by atoms with Crippen LogP contribution in [0.5, 0.6) is 17.2 Å². The quantitative estimate of drug-likeness (QED) is 0.351. The highest BCUT2D eigenvalue weighted by atomic mass is 19.4. The van der Waals surface area contributed by atoms with Gasteiger partial charge in [0, 0.05) is 6.07 Å². The standard InChI is InChI=1S/C26H20F3NO5/c1-15-7-8-16(2)21(11-15)35-23-13-34-22-12-17(9-10-18(22)25(23)32)33-14-24(31)30-20-6-4-3-5-19(20)26(27,28)29/h3-13H,14H2,1-2H3,(H,30,31). The van der Waals surface area contributed by atoms with E-state index in [0.29, 0.717) is 5.75 Å². The number of carbonyl (C=O) groups excluding carboxylic acids is 1. The average molecular weight is 483 g/mol. The molecule has 180 valence electrons. The predicted molar refractivity (Wildman–Crippen MR) is 124 cm³/mol. The van der Waals surface area contributed by atoms with Crippen LogP contribution in [0.3, 0.4) is 0 Å². The van der Waals surface area contributed by atoms with E-state index in [9.17, 15) is 22.8 Å². The van der Waals surface area contributed by atoms with Crippen LogP contribution in [-0.4, -0.2) is 12.5 Å². The highest BCUT2D eigenvalue weighted by molar-refractivity contribution is 5.92. The molecular formula is C26H20F3NO5. The van der Waals surface area contributed by atoms with E-state index in [4.69, 9.17) is 13.9 Å². The van der Waals surface area contributed by atoms with E-state index in [2.05, 4.69) is 5.32 Å². The number of alkyl halides is 3. The second-order valence-electron chi connectivity index (χ2n) is 7.84. The Hall–Kier alpha value is -4.27. The Morgan fingerprint density at radius 1 is 1.00 bits per heavy atom. The van der Waals surface area contributed by atoms with Gasteiger partial charge >= 0.3 is 6.18 Å². The third kappa shape index (κ3) is 5.46. The lowest BCUT2D eigenvalue weighted by atomic mass is 10.1. The Bertz CT molecular complexity index is 1460. The molecule has 0 fully saturated rings. The van der Waals surface area contributed by atoms with Crippen molar-refractivity contribution in [1.82, 2.24) is 0 Å². The second kappa shape index (κ2) is 9.54. The first-order valence-corrected chi connectivity index (χ1v) is 10.5. The van der Waals surface area contributed by atoms with Crippen molar-refractivity contribution in [2.45, 2.75) is 20.0 Å². The van der Waals surface area contributed by atoms with Crippen LogP contribution in [0.25, 0.3) is 11.0 Å². The van der Waals surface area contributed by atoms with Crippen LogP contribution in [0.15, 0.2) is 76.1 Å². The molecule has 0 saturated carbocycles. The normalized spacial score (nSPS) is 11.3. The van der Waals surface area contributed by atoms with Gasteiger partial charge < -0.3 is 19.2 Å². The topological polar surface area (TPSA) is 77.8 Å². The van der Waals surface area contributed by atoms with Gasteiger partial charge in [-0.3, -0.25) is 9.59 Å². The fourth-order valence-corrected chi connectivity index (χ4v) is 3.36. The molecule has 6 nitrogen and oxygen atoms in total. The number of fused-ring (bicyclic) bond motifs is 1. The van der Waals surface area contributed by atoms with E-state index in [1.807, 2.05) is 32.0 Å². The summed E-state index contributed by atoms with van der Waals surface area (Å²) >= 11 is 0. The number of hydrogen-bond acceptors (Lipinski definition) is 5. The molecule has 4 rings (SSSR count). The maximum Gasteiger partial charge on any atom is 0.418 e. The van der Waals surface area contributed by atoms with Crippen LogP contribution in [-0.2, 0) is 11.0 Å². The predicted octanol–water partition coefficient (Wildman–Crippen LogP) is 6.24. The van der Waals surface area contributed by atoms with Gasteiger partial charge in [0.1, 0.15) is 23.3 Å². The number of ether oxygens (including phenoxy) is 2. The molecule has 0 bridgehead atoms. The van der Waals surface area contributed by atoms with Gasteiger partial charge in [-0.25, -0.2) is 0 Å². The molecule has 0 saturated heterocycles. The first-order valence-electron chi connectivity index (χ1n) is 10.5. The summed E-state index contributed by atoms with van der Waals surface area (Å²) in [6.07, 6.45) is -3.42. The lowest BCUT2D eigenvalue weighted by Gasteiger charge is -2.14. The van der Waals surface area contributed by atoms with Gasteiger partial charge in [-0.1, -0.05) is 24.3 Å². The molecule has 1 amide bonds. The van der Waals surface area contributed by atoms with Gasteiger partial charge in [0.25, 0.3) is 5.91 Å². The van der Waals surface area contributed by atoms with Gasteiger partial charge in [0.2, 0.25) is 11.2 Å². The molecule has 35 heavy (non-hydrogen) atoms. The van der Waals surface area contributed by atoms with Crippen molar-refractivity contribution < 1.29 is 31.9 Å². The number of amides is 1. The number of para-hydroxylation sites is 1. The van der Waals surface area contributed by atoms with Gasteiger partial charge in [-0.15, -0.1) is 0 Å². The third-order valence-corrected chi connectivity index (χ3v) is 5.15. The van der Waals surface area contributed by atoms with Crippen LogP contribution in [0.2, 0.25) is 0 Å². The average Bonchev–Trinajstić information content (AvgIpc) is 2.81. The summed E-state index contributed by atoms with van der Waals surface area (Å²) in [4.78, 5) is 25.0. The summed E-state index contributed by atoms with van der Waals surface area (Å²) in [6, 6.07) is 14.6. The van der Waals surface area contributed by atoms with E-state index >= 15 is 0 Å². The van der Waals surface area contributed by atoms with E-state index < -0.39 is 24.3 Å². The van der Waals surface area contributed by atoms with Crippen LogP contribution in [0.4, 0.5) is 18.9 Å². The molecule has 0 aliphatic carbocycles.